The molecule has 0 aromatic carbocycles. The topological polar surface area (TPSA) is 17.8 Å². The molecule has 2 heteroatoms. The quantitative estimate of drug-likeness (QED) is 0.551. The Bertz CT molecular complexity index is 201. The first kappa shape index (κ1) is 6.33. The van der Waals surface area contributed by atoms with Crippen LogP contribution in [0.3, 0.4) is 0 Å². The highest BCUT2D eigenvalue weighted by Crippen LogP contribution is 2.00. The Labute approximate surface area is 55.5 Å². The van der Waals surface area contributed by atoms with Gasteiger partial charge in [-0.3, -0.25) is 0 Å². The van der Waals surface area contributed by atoms with Crippen molar-refractivity contribution in [1.82, 2.24) is 9.55 Å². The normalized spacial score (nSPS) is 10.1. The maximum atomic E-state index is 4.20. The lowest BCUT2D eigenvalue weighted by atomic mass is 10.4. The van der Waals surface area contributed by atoms with E-state index >= 15 is 0 Å². The highest BCUT2D eigenvalue weighted by Gasteiger charge is 1.97. The van der Waals surface area contributed by atoms with E-state index in [0.29, 0.717) is 0 Å². The lowest BCUT2D eigenvalue weighted by Gasteiger charge is -1.97. The first-order valence-corrected chi connectivity index (χ1v) is 3.23. The van der Waals surface area contributed by atoms with Gasteiger partial charge in [0.05, 0.1) is 0 Å². The molecule has 0 radical (unpaired) electrons. The summed E-state index contributed by atoms with van der Waals surface area (Å²) in [7, 11) is 2.04. The van der Waals surface area contributed by atoms with Crippen molar-refractivity contribution < 1.29 is 0 Å². The molecular weight excluding hydrogens is 112 g/mol. The second-order valence-electron chi connectivity index (χ2n) is 2.23. The molecule has 0 aliphatic rings. The van der Waals surface area contributed by atoms with Crippen molar-refractivity contribution >= 4 is 0 Å². The maximum Gasteiger partial charge on any atom is 0.108 e. The van der Waals surface area contributed by atoms with Crippen LogP contribution in [0.2, 0.25) is 0 Å². The first-order chi connectivity index (χ1) is 4.25. The molecule has 0 bridgehead atoms. The minimum Gasteiger partial charge on any atom is -0.335 e. The molecule has 1 heterocycles. The molecular formula is C7H12N2. The fourth-order valence-electron chi connectivity index (χ4n) is 0.873. The zero-order chi connectivity index (χ0) is 6.85. The zero-order valence-corrected chi connectivity index (χ0v) is 6.18. The fourth-order valence-corrected chi connectivity index (χ4v) is 0.873. The predicted molar refractivity (Wildman–Crippen MR) is 37.3 cm³/mol. The molecule has 0 saturated heterocycles. The lowest BCUT2D eigenvalue weighted by molar-refractivity contribution is 0.785. The zero-order valence-electron chi connectivity index (χ0n) is 6.18. The molecule has 2 nitrogen and oxygen atoms in total. The molecule has 0 fully saturated rings. The molecule has 9 heavy (non-hydrogen) atoms. The van der Waals surface area contributed by atoms with E-state index in [1.165, 1.54) is 5.69 Å². The van der Waals surface area contributed by atoms with Gasteiger partial charge < -0.3 is 4.57 Å². The van der Waals surface area contributed by atoms with Crippen LogP contribution in [0, 0.1) is 6.92 Å². The van der Waals surface area contributed by atoms with Crippen molar-refractivity contribution in [2.75, 3.05) is 0 Å². The van der Waals surface area contributed by atoms with Crippen LogP contribution < -0.4 is 0 Å². The van der Waals surface area contributed by atoms with E-state index in [9.17, 15) is 0 Å². The summed E-state index contributed by atoms with van der Waals surface area (Å²) in [6, 6.07) is 0. The fraction of sp³-hybridized carbons (Fsp3) is 0.571. The van der Waals surface area contributed by atoms with E-state index in [4.69, 9.17) is 0 Å². The molecule has 0 spiro atoms. The predicted octanol–water partition coefficient (Wildman–Crippen LogP) is 1.29. The van der Waals surface area contributed by atoms with Crippen molar-refractivity contribution in [2.24, 2.45) is 7.05 Å². The summed E-state index contributed by atoms with van der Waals surface area (Å²) >= 11 is 0. The van der Waals surface area contributed by atoms with Crippen molar-refractivity contribution in [2.45, 2.75) is 20.3 Å². The average molecular weight is 124 g/mol. The Kier molecular flexibility index (Phi) is 1.56. The van der Waals surface area contributed by atoms with E-state index < -0.39 is 0 Å². The van der Waals surface area contributed by atoms with E-state index in [2.05, 4.69) is 23.4 Å². The van der Waals surface area contributed by atoms with Gasteiger partial charge in [-0.1, -0.05) is 6.92 Å². The number of rotatable bonds is 1. The Hall–Kier alpha value is -0.790. The van der Waals surface area contributed by atoms with Gasteiger partial charge in [0.25, 0.3) is 0 Å². The van der Waals surface area contributed by atoms with Crippen LogP contribution >= 0.6 is 0 Å². The van der Waals surface area contributed by atoms with Gasteiger partial charge in [0.1, 0.15) is 5.82 Å². The number of nitrogens with zero attached hydrogens (tertiary/aromatic N) is 2. The lowest BCUT2D eigenvalue weighted by Crippen LogP contribution is -1.96. The van der Waals surface area contributed by atoms with E-state index in [-0.39, 0.29) is 0 Å². The van der Waals surface area contributed by atoms with Crippen LogP contribution in [0.5, 0.6) is 0 Å². The summed E-state index contributed by atoms with van der Waals surface area (Å²) in [5.41, 5.74) is 1.23. The highest BCUT2D eigenvalue weighted by atomic mass is 15.0. The molecule has 0 aliphatic heterocycles. The number of hydrogen-bond donors (Lipinski definition) is 0. The summed E-state index contributed by atoms with van der Waals surface area (Å²) in [6.45, 7) is 4.17. The van der Waals surface area contributed by atoms with E-state index in [1.807, 2.05) is 13.2 Å². The second-order valence-corrected chi connectivity index (χ2v) is 2.23. The van der Waals surface area contributed by atoms with Gasteiger partial charge in [-0.05, 0) is 6.92 Å². The molecule has 0 N–H and O–H groups in total. The Morgan fingerprint density at radius 2 is 2.33 bits per heavy atom. The van der Waals surface area contributed by atoms with Crippen LogP contribution in [0.25, 0.3) is 0 Å². The standard InChI is InChI=1S/C7H12N2/c1-4-7-8-5-6(2)9(7)3/h5H,4H2,1-3H3. The third-order valence-electron chi connectivity index (χ3n) is 1.63. The second kappa shape index (κ2) is 2.21. The number of imidazole rings is 1. The van der Waals surface area contributed by atoms with Gasteiger partial charge in [-0.2, -0.15) is 0 Å². The SMILES string of the molecule is CCc1ncc(C)n1C. The Morgan fingerprint density at radius 3 is 2.56 bits per heavy atom. The summed E-state index contributed by atoms with van der Waals surface area (Å²) in [6.07, 6.45) is 2.92. The molecule has 50 valence electrons. The molecule has 0 atom stereocenters. The summed E-state index contributed by atoms with van der Waals surface area (Å²) < 4.78 is 2.11. The third-order valence-corrected chi connectivity index (χ3v) is 1.63. The van der Waals surface area contributed by atoms with Crippen LogP contribution in [0.15, 0.2) is 6.20 Å². The van der Waals surface area contributed by atoms with Gasteiger partial charge in [-0.15, -0.1) is 0 Å². The van der Waals surface area contributed by atoms with Gasteiger partial charge in [0, 0.05) is 25.4 Å². The first-order valence-electron chi connectivity index (χ1n) is 3.23. The summed E-state index contributed by atoms with van der Waals surface area (Å²) in [4.78, 5) is 4.20. The van der Waals surface area contributed by atoms with E-state index in [1.54, 1.807) is 0 Å². The molecule has 0 unspecified atom stereocenters. The largest absolute Gasteiger partial charge is 0.335 e. The van der Waals surface area contributed by atoms with Gasteiger partial charge >= 0.3 is 0 Å². The van der Waals surface area contributed by atoms with Crippen molar-refractivity contribution in [3.05, 3.63) is 17.7 Å². The van der Waals surface area contributed by atoms with Gasteiger partial charge in [-0.25, -0.2) is 4.98 Å². The molecule has 1 aromatic rings. The molecule has 1 aromatic heterocycles. The van der Waals surface area contributed by atoms with E-state index in [0.717, 1.165) is 12.2 Å². The Balaban J connectivity index is 3.04. The minimum absolute atomic E-state index is 1.02. The summed E-state index contributed by atoms with van der Waals surface area (Å²) in [5.74, 6) is 1.16. The number of hydrogen-bond acceptors (Lipinski definition) is 1. The van der Waals surface area contributed by atoms with Crippen LogP contribution in [0.4, 0.5) is 0 Å². The molecule has 1 rings (SSSR count). The monoisotopic (exact) mass is 124 g/mol. The highest BCUT2D eigenvalue weighted by molar-refractivity contribution is 5.01. The summed E-state index contributed by atoms with van der Waals surface area (Å²) in [5, 5.41) is 0. The minimum atomic E-state index is 1.02. The van der Waals surface area contributed by atoms with Gasteiger partial charge in [0.2, 0.25) is 0 Å². The van der Waals surface area contributed by atoms with Crippen molar-refractivity contribution in [1.29, 1.82) is 0 Å². The van der Waals surface area contributed by atoms with Crippen LogP contribution in [-0.4, -0.2) is 9.55 Å². The van der Waals surface area contributed by atoms with Gasteiger partial charge in [0.15, 0.2) is 0 Å². The maximum absolute atomic E-state index is 4.20. The Morgan fingerprint density at radius 1 is 1.67 bits per heavy atom. The third kappa shape index (κ3) is 0.969. The molecule has 0 amide bonds. The molecule has 0 saturated carbocycles. The number of aromatic nitrogens is 2. The van der Waals surface area contributed by atoms with Crippen molar-refractivity contribution in [3.8, 4) is 0 Å². The number of aryl methyl sites for hydroxylation is 2. The molecule has 0 aliphatic carbocycles. The van der Waals surface area contributed by atoms with Crippen LogP contribution in [0.1, 0.15) is 18.4 Å². The van der Waals surface area contributed by atoms with Crippen LogP contribution in [-0.2, 0) is 13.5 Å². The average Bonchev–Trinajstić information content (AvgIpc) is 2.15. The van der Waals surface area contributed by atoms with Crippen molar-refractivity contribution in [3.63, 3.8) is 0 Å². The smallest absolute Gasteiger partial charge is 0.108 e.